The maximum absolute atomic E-state index is 12.5. The molecule has 0 spiro atoms. The van der Waals surface area contributed by atoms with E-state index in [9.17, 15) is 14.9 Å². The van der Waals surface area contributed by atoms with Gasteiger partial charge in [-0.1, -0.05) is 42.0 Å². The van der Waals surface area contributed by atoms with Gasteiger partial charge >= 0.3 is 5.69 Å². The Morgan fingerprint density at radius 1 is 1.00 bits per heavy atom. The highest BCUT2D eigenvalue weighted by atomic mass is 16.6. The fourth-order valence-electron chi connectivity index (χ4n) is 3.20. The fourth-order valence-corrected chi connectivity index (χ4v) is 3.20. The van der Waals surface area contributed by atoms with E-state index in [0.29, 0.717) is 24.3 Å². The topological polar surface area (TPSA) is 108 Å². The number of carbonyl (C=O) groups is 1. The maximum atomic E-state index is 12.5. The molecule has 2 aromatic heterocycles. The number of anilines is 1. The molecule has 0 unspecified atom stereocenters. The highest BCUT2D eigenvalue weighted by Crippen LogP contribution is 2.14. The summed E-state index contributed by atoms with van der Waals surface area (Å²) in [7, 11) is 0. The third kappa shape index (κ3) is 5.02. The van der Waals surface area contributed by atoms with Crippen LogP contribution in [0.2, 0.25) is 0 Å². The summed E-state index contributed by atoms with van der Waals surface area (Å²) in [4.78, 5) is 22.8. The van der Waals surface area contributed by atoms with Crippen LogP contribution < -0.4 is 5.32 Å². The lowest BCUT2D eigenvalue weighted by Crippen LogP contribution is -2.11. The zero-order chi connectivity index (χ0) is 21.8. The number of aryl methyl sites for hydroxylation is 1. The molecular weight excluding hydrogens is 396 g/mol. The van der Waals surface area contributed by atoms with E-state index in [1.807, 2.05) is 25.1 Å². The number of nitrogens with zero attached hydrogens (tertiary/aromatic N) is 5. The van der Waals surface area contributed by atoms with Crippen LogP contribution in [0.1, 0.15) is 27.0 Å². The smallest absolute Gasteiger partial charge is 0.307 e. The van der Waals surface area contributed by atoms with Gasteiger partial charge in [-0.25, -0.2) is 0 Å². The van der Waals surface area contributed by atoms with Gasteiger partial charge in [0.2, 0.25) is 0 Å². The minimum Gasteiger partial charge on any atom is -0.319 e. The van der Waals surface area contributed by atoms with Crippen molar-refractivity contribution in [1.29, 1.82) is 0 Å². The van der Waals surface area contributed by atoms with Gasteiger partial charge in [0.1, 0.15) is 12.4 Å². The minimum atomic E-state index is -0.486. The second kappa shape index (κ2) is 8.62. The standard InChI is InChI=1S/C22H20N6O3/c1-16-3-2-4-18(9-16)13-26-14-20(10-23-26)25-22(29)19-7-5-17(6-8-19)12-27-15-21(11-24-27)28(30)31/h2-11,14-15H,12-13H2,1H3,(H,25,29). The number of amides is 1. The van der Waals surface area contributed by atoms with Gasteiger partial charge in [0.05, 0.1) is 29.9 Å². The summed E-state index contributed by atoms with van der Waals surface area (Å²) in [6.45, 7) is 3.04. The summed E-state index contributed by atoms with van der Waals surface area (Å²) in [5, 5.41) is 21.9. The van der Waals surface area contributed by atoms with Crippen LogP contribution in [0.25, 0.3) is 0 Å². The number of nitrogens with one attached hydrogen (secondary N) is 1. The van der Waals surface area contributed by atoms with Crippen molar-refractivity contribution in [1.82, 2.24) is 19.6 Å². The third-order valence-corrected chi connectivity index (χ3v) is 4.71. The third-order valence-electron chi connectivity index (χ3n) is 4.71. The molecule has 31 heavy (non-hydrogen) atoms. The molecule has 2 heterocycles. The summed E-state index contributed by atoms with van der Waals surface area (Å²) in [5.74, 6) is -0.239. The van der Waals surface area contributed by atoms with Crippen molar-refractivity contribution in [2.75, 3.05) is 5.32 Å². The van der Waals surface area contributed by atoms with E-state index in [1.54, 1.807) is 41.3 Å². The van der Waals surface area contributed by atoms with Gasteiger partial charge in [0.15, 0.2) is 0 Å². The monoisotopic (exact) mass is 416 g/mol. The first-order valence-corrected chi connectivity index (χ1v) is 9.61. The van der Waals surface area contributed by atoms with Gasteiger partial charge in [-0.3, -0.25) is 24.3 Å². The molecule has 0 saturated heterocycles. The van der Waals surface area contributed by atoms with Gasteiger partial charge in [-0.2, -0.15) is 10.2 Å². The SMILES string of the molecule is Cc1cccc(Cn2cc(NC(=O)c3ccc(Cn4cc([N+](=O)[O-])cn4)cc3)cn2)c1. The Kier molecular flexibility index (Phi) is 5.57. The first-order valence-electron chi connectivity index (χ1n) is 9.61. The number of benzene rings is 2. The van der Waals surface area contributed by atoms with Crippen molar-refractivity contribution in [3.05, 3.63) is 106 Å². The predicted octanol–water partition coefficient (Wildman–Crippen LogP) is 3.65. The Bertz CT molecular complexity index is 1230. The molecule has 2 aromatic carbocycles. The van der Waals surface area contributed by atoms with Crippen LogP contribution in [0.5, 0.6) is 0 Å². The lowest BCUT2D eigenvalue weighted by atomic mass is 10.1. The van der Waals surface area contributed by atoms with Crippen LogP contribution in [0.3, 0.4) is 0 Å². The quantitative estimate of drug-likeness (QED) is 0.365. The molecule has 0 fully saturated rings. The largest absolute Gasteiger partial charge is 0.319 e. The van der Waals surface area contributed by atoms with Crippen molar-refractivity contribution in [2.24, 2.45) is 0 Å². The Labute approximate surface area is 178 Å². The van der Waals surface area contributed by atoms with E-state index in [1.165, 1.54) is 22.6 Å². The molecule has 0 radical (unpaired) electrons. The van der Waals surface area contributed by atoms with Crippen molar-refractivity contribution in [2.45, 2.75) is 20.0 Å². The summed E-state index contributed by atoms with van der Waals surface area (Å²) in [6, 6.07) is 15.2. The highest BCUT2D eigenvalue weighted by Gasteiger charge is 2.11. The average molecular weight is 416 g/mol. The number of hydrogen-bond donors (Lipinski definition) is 1. The lowest BCUT2D eigenvalue weighted by molar-refractivity contribution is -0.385. The van der Waals surface area contributed by atoms with Gasteiger partial charge in [-0.05, 0) is 30.2 Å². The number of rotatable bonds is 7. The van der Waals surface area contributed by atoms with E-state index >= 15 is 0 Å². The molecule has 0 aliphatic carbocycles. The summed E-state index contributed by atoms with van der Waals surface area (Å²) in [6.07, 6.45) is 5.99. The molecule has 0 saturated carbocycles. The van der Waals surface area contributed by atoms with E-state index in [-0.39, 0.29) is 11.6 Å². The number of aromatic nitrogens is 4. The molecule has 4 aromatic rings. The van der Waals surface area contributed by atoms with E-state index in [0.717, 1.165) is 11.1 Å². The molecule has 9 nitrogen and oxygen atoms in total. The average Bonchev–Trinajstić information content (AvgIpc) is 3.38. The number of nitro groups is 1. The normalized spacial score (nSPS) is 10.7. The molecular formula is C22H20N6O3. The van der Waals surface area contributed by atoms with E-state index < -0.39 is 4.92 Å². The molecule has 0 aliphatic heterocycles. The molecule has 0 atom stereocenters. The van der Waals surface area contributed by atoms with Crippen LogP contribution in [0, 0.1) is 17.0 Å². The first-order chi connectivity index (χ1) is 15.0. The Hall–Kier alpha value is -4.27. The zero-order valence-corrected chi connectivity index (χ0v) is 16.8. The van der Waals surface area contributed by atoms with Gasteiger partial charge in [-0.15, -0.1) is 0 Å². The van der Waals surface area contributed by atoms with Crippen LogP contribution in [-0.4, -0.2) is 30.4 Å². The van der Waals surface area contributed by atoms with E-state index in [4.69, 9.17) is 0 Å². The molecule has 0 bridgehead atoms. The van der Waals surface area contributed by atoms with Crippen LogP contribution >= 0.6 is 0 Å². The van der Waals surface area contributed by atoms with Crippen LogP contribution in [-0.2, 0) is 13.1 Å². The summed E-state index contributed by atoms with van der Waals surface area (Å²) >= 11 is 0. The van der Waals surface area contributed by atoms with Crippen LogP contribution in [0.4, 0.5) is 11.4 Å². The second-order valence-electron chi connectivity index (χ2n) is 7.22. The lowest BCUT2D eigenvalue weighted by Gasteiger charge is -2.05. The zero-order valence-electron chi connectivity index (χ0n) is 16.8. The highest BCUT2D eigenvalue weighted by molar-refractivity contribution is 6.04. The number of hydrogen-bond acceptors (Lipinski definition) is 5. The molecule has 156 valence electrons. The van der Waals surface area contributed by atoms with Crippen molar-refractivity contribution in [3.8, 4) is 0 Å². The Balaban J connectivity index is 1.36. The van der Waals surface area contributed by atoms with Gasteiger partial charge in [0, 0.05) is 11.8 Å². The molecule has 0 aliphatic rings. The van der Waals surface area contributed by atoms with Crippen molar-refractivity contribution in [3.63, 3.8) is 0 Å². The summed E-state index contributed by atoms with van der Waals surface area (Å²) < 4.78 is 3.26. The predicted molar refractivity (Wildman–Crippen MR) is 115 cm³/mol. The van der Waals surface area contributed by atoms with E-state index in [2.05, 4.69) is 21.6 Å². The Morgan fingerprint density at radius 3 is 2.42 bits per heavy atom. The molecule has 1 amide bonds. The Morgan fingerprint density at radius 2 is 1.71 bits per heavy atom. The maximum Gasteiger partial charge on any atom is 0.307 e. The fraction of sp³-hybridized carbons (Fsp3) is 0.136. The van der Waals surface area contributed by atoms with Crippen LogP contribution in [0.15, 0.2) is 73.3 Å². The summed E-state index contributed by atoms with van der Waals surface area (Å²) in [5.41, 5.74) is 4.26. The number of carbonyl (C=O) groups excluding carboxylic acids is 1. The van der Waals surface area contributed by atoms with Gasteiger partial charge in [0.25, 0.3) is 5.91 Å². The molecule has 4 rings (SSSR count). The minimum absolute atomic E-state index is 0.0565. The first kappa shape index (κ1) is 20.0. The van der Waals surface area contributed by atoms with Crippen molar-refractivity contribution >= 4 is 17.3 Å². The molecule has 1 N–H and O–H groups in total. The van der Waals surface area contributed by atoms with Crippen molar-refractivity contribution < 1.29 is 9.72 Å². The second-order valence-corrected chi connectivity index (χ2v) is 7.22. The molecule has 9 heteroatoms. The van der Waals surface area contributed by atoms with Gasteiger partial charge < -0.3 is 5.32 Å².